The molecule has 0 spiro atoms. The summed E-state index contributed by atoms with van der Waals surface area (Å²) in [4.78, 5) is 11.7. The number of carbonyl (C=O) groups excluding carboxylic acids is 1. The minimum atomic E-state index is -0.485. The van der Waals surface area contributed by atoms with E-state index in [2.05, 4.69) is 19.2 Å². The third-order valence-electron chi connectivity index (χ3n) is 2.09. The molecule has 0 aliphatic heterocycles. The number of carbonyl (C=O) groups is 1. The second-order valence-corrected chi connectivity index (χ2v) is 5.82. The van der Waals surface area contributed by atoms with Gasteiger partial charge in [-0.05, 0) is 39.5 Å². The van der Waals surface area contributed by atoms with E-state index in [9.17, 15) is 4.79 Å². The Hall–Kier alpha value is -1.03. The van der Waals surface area contributed by atoms with E-state index in [1.165, 1.54) is 0 Å². The molecule has 4 heteroatoms. The molecule has 18 heavy (non-hydrogen) atoms. The first-order valence-electron chi connectivity index (χ1n) is 6.51. The minimum Gasteiger partial charge on any atom is -0.444 e. The van der Waals surface area contributed by atoms with E-state index in [1.807, 2.05) is 32.9 Å². The quantitative estimate of drug-likeness (QED) is 0.719. The highest BCUT2D eigenvalue weighted by molar-refractivity contribution is 5.68. The Balaban J connectivity index is 4.35. The Kier molecular flexibility index (Phi) is 7.67. The summed E-state index contributed by atoms with van der Waals surface area (Å²) in [7, 11) is 0. The summed E-state index contributed by atoms with van der Waals surface area (Å²) >= 11 is 0. The molecule has 0 unspecified atom stereocenters. The molecule has 106 valence electrons. The minimum absolute atomic E-state index is 0.0496. The fourth-order valence-electron chi connectivity index (χ4n) is 1.49. The molecule has 0 aliphatic rings. The number of alkyl carbamates (subject to hydrolysis) is 1. The summed E-state index contributed by atoms with van der Waals surface area (Å²) in [6.07, 6.45) is 4.85. The number of aliphatic hydroxyl groups excluding tert-OH is 1. The van der Waals surface area contributed by atoms with Crippen molar-refractivity contribution in [3.8, 4) is 0 Å². The van der Waals surface area contributed by atoms with E-state index >= 15 is 0 Å². The Morgan fingerprint density at radius 1 is 1.39 bits per heavy atom. The van der Waals surface area contributed by atoms with Crippen LogP contribution in [0.1, 0.15) is 47.5 Å². The second-order valence-electron chi connectivity index (χ2n) is 5.82. The highest BCUT2D eigenvalue weighted by Crippen LogP contribution is 2.10. The zero-order chi connectivity index (χ0) is 14.2. The van der Waals surface area contributed by atoms with Gasteiger partial charge in [0.15, 0.2) is 0 Å². The van der Waals surface area contributed by atoms with Gasteiger partial charge in [0.1, 0.15) is 5.60 Å². The predicted octanol–water partition coefficient (Wildman–Crippen LogP) is 2.86. The number of ether oxygens (including phenoxy) is 1. The van der Waals surface area contributed by atoms with Crippen LogP contribution in [0.2, 0.25) is 0 Å². The van der Waals surface area contributed by atoms with Crippen LogP contribution in [0.3, 0.4) is 0 Å². The van der Waals surface area contributed by atoms with E-state index < -0.39 is 11.7 Å². The lowest BCUT2D eigenvalue weighted by Crippen LogP contribution is -2.38. The first-order valence-corrected chi connectivity index (χ1v) is 6.51. The summed E-state index contributed by atoms with van der Waals surface area (Å²) in [6, 6.07) is -0.0496. The van der Waals surface area contributed by atoms with Crippen molar-refractivity contribution in [3.63, 3.8) is 0 Å². The SMILES string of the molecule is CC(C)C[C@@H](/C=C/CCO)NC(=O)OC(C)(C)C. The summed E-state index contributed by atoms with van der Waals surface area (Å²) < 4.78 is 5.22. The number of hydrogen-bond donors (Lipinski definition) is 2. The van der Waals surface area contributed by atoms with Gasteiger partial charge in [-0.1, -0.05) is 26.0 Å². The van der Waals surface area contributed by atoms with Gasteiger partial charge in [0.05, 0.1) is 6.04 Å². The van der Waals surface area contributed by atoms with Gasteiger partial charge in [-0.15, -0.1) is 0 Å². The molecule has 0 aliphatic carbocycles. The Labute approximate surface area is 110 Å². The van der Waals surface area contributed by atoms with Gasteiger partial charge < -0.3 is 15.2 Å². The van der Waals surface area contributed by atoms with Crippen LogP contribution in [-0.4, -0.2) is 29.4 Å². The monoisotopic (exact) mass is 257 g/mol. The van der Waals surface area contributed by atoms with Crippen LogP contribution in [0, 0.1) is 5.92 Å². The molecule has 0 aromatic heterocycles. The van der Waals surface area contributed by atoms with Gasteiger partial charge in [0.2, 0.25) is 0 Å². The molecule has 1 amide bonds. The molecule has 0 saturated carbocycles. The second kappa shape index (κ2) is 8.14. The van der Waals surface area contributed by atoms with Crippen molar-refractivity contribution in [3.05, 3.63) is 12.2 Å². The van der Waals surface area contributed by atoms with E-state index in [1.54, 1.807) is 0 Å². The largest absolute Gasteiger partial charge is 0.444 e. The number of hydrogen-bond acceptors (Lipinski definition) is 3. The smallest absolute Gasteiger partial charge is 0.408 e. The lowest BCUT2D eigenvalue weighted by atomic mass is 10.0. The first kappa shape index (κ1) is 17.0. The number of rotatable bonds is 6. The van der Waals surface area contributed by atoms with Crippen LogP contribution in [0.15, 0.2) is 12.2 Å². The molecule has 2 N–H and O–H groups in total. The standard InChI is InChI=1S/C14H27NO3/c1-11(2)10-12(8-6-7-9-16)15-13(17)18-14(3,4)5/h6,8,11-12,16H,7,9-10H2,1-5H3,(H,15,17)/b8-6+/t12-/m1/s1. The average Bonchev–Trinajstić information content (AvgIpc) is 2.13. The number of nitrogens with one attached hydrogen (secondary N) is 1. The van der Waals surface area contributed by atoms with Gasteiger partial charge in [-0.3, -0.25) is 0 Å². The van der Waals surface area contributed by atoms with Gasteiger partial charge in [-0.2, -0.15) is 0 Å². The molecule has 4 nitrogen and oxygen atoms in total. The van der Waals surface area contributed by atoms with Crippen molar-refractivity contribution in [2.45, 2.75) is 59.1 Å². The molecule has 0 heterocycles. The Morgan fingerprint density at radius 2 is 2.00 bits per heavy atom. The average molecular weight is 257 g/mol. The normalized spacial score (nSPS) is 13.9. The molecule has 0 aromatic rings. The van der Waals surface area contributed by atoms with Crippen LogP contribution in [0.25, 0.3) is 0 Å². The highest BCUT2D eigenvalue weighted by atomic mass is 16.6. The fraction of sp³-hybridized carbons (Fsp3) is 0.786. The topological polar surface area (TPSA) is 58.6 Å². The molecule has 0 radical (unpaired) electrons. The summed E-state index contributed by atoms with van der Waals surface area (Å²) in [5.74, 6) is 0.476. The molecule has 1 atom stereocenters. The Morgan fingerprint density at radius 3 is 2.44 bits per heavy atom. The maximum absolute atomic E-state index is 11.7. The van der Waals surface area contributed by atoms with Crippen LogP contribution in [0.5, 0.6) is 0 Å². The molecule has 0 aromatic carbocycles. The summed E-state index contributed by atoms with van der Waals surface area (Å²) in [6.45, 7) is 9.84. The fourth-order valence-corrected chi connectivity index (χ4v) is 1.49. The first-order chi connectivity index (χ1) is 8.24. The van der Waals surface area contributed by atoms with Crippen molar-refractivity contribution in [2.24, 2.45) is 5.92 Å². The zero-order valence-electron chi connectivity index (χ0n) is 12.2. The predicted molar refractivity (Wildman–Crippen MR) is 73.5 cm³/mol. The van der Waals surface area contributed by atoms with E-state index in [0.29, 0.717) is 12.3 Å². The highest BCUT2D eigenvalue weighted by Gasteiger charge is 2.18. The van der Waals surface area contributed by atoms with E-state index in [0.717, 1.165) is 6.42 Å². The van der Waals surface area contributed by atoms with Crippen LogP contribution < -0.4 is 5.32 Å². The number of aliphatic hydroxyl groups is 1. The third-order valence-corrected chi connectivity index (χ3v) is 2.09. The van der Waals surface area contributed by atoms with E-state index in [4.69, 9.17) is 9.84 Å². The van der Waals surface area contributed by atoms with Gasteiger partial charge >= 0.3 is 6.09 Å². The Bertz CT molecular complexity index is 267. The van der Waals surface area contributed by atoms with E-state index in [-0.39, 0.29) is 12.6 Å². The van der Waals surface area contributed by atoms with Crippen LogP contribution >= 0.6 is 0 Å². The summed E-state index contributed by atoms with van der Waals surface area (Å²) in [5.41, 5.74) is -0.485. The van der Waals surface area contributed by atoms with Gasteiger partial charge in [-0.25, -0.2) is 4.79 Å². The lowest BCUT2D eigenvalue weighted by molar-refractivity contribution is 0.0510. The van der Waals surface area contributed by atoms with Crippen molar-refractivity contribution in [1.82, 2.24) is 5.32 Å². The van der Waals surface area contributed by atoms with Gasteiger partial charge in [0, 0.05) is 6.61 Å². The van der Waals surface area contributed by atoms with Crippen molar-refractivity contribution in [2.75, 3.05) is 6.61 Å². The maximum atomic E-state index is 11.7. The lowest BCUT2D eigenvalue weighted by Gasteiger charge is -2.23. The maximum Gasteiger partial charge on any atom is 0.408 e. The summed E-state index contributed by atoms with van der Waals surface area (Å²) in [5, 5.41) is 11.6. The third kappa shape index (κ3) is 10.1. The molecular weight excluding hydrogens is 230 g/mol. The van der Waals surface area contributed by atoms with Gasteiger partial charge in [0.25, 0.3) is 0 Å². The van der Waals surface area contributed by atoms with Crippen molar-refractivity contribution >= 4 is 6.09 Å². The molecule has 0 bridgehead atoms. The van der Waals surface area contributed by atoms with Crippen molar-refractivity contribution < 1.29 is 14.6 Å². The molecule has 0 saturated heterocycles. The van der Waals surface area contributed by atoms with Crippen molar-refractivity contribution in [1.29, 1.82) is 0 Å². The molecule has 0 fully saturated rings. The molecular formula is C14H27NO3. The number of amides is 1. The van der Waals surface area contributed by atoms with Crippen LogP contribution in [0.4, 0.5) is 4.79 Å². The molecule has 0 rings (SSSR count). The van der Waals surface area contributed by atoms with Crippen LogP contribution in [-0.2, 0) is 4.74 Å². The zero-order valence-corrected chi connectivity index (χ0v) is 12.2.